The normalized spacial score (nSPS) is 11.9. The van der Waals surface area contributed by atoms with Crippen LogP contribution in [0.15, 0.2) is 0 Å². The molecule has 2 heteroatoms. The summed E-state index contributed by atoms with van der Waals surface area (Å²) < 4.78 is 0. The largest absolute Gasteiger partial charge is 0.396 e. The summed E-state index contributed by atoms with van der Waals surface area (Å²) in [5.41, 5.74) is 0. The quantitative estimate of drug-likeness (QED) is 0.318. The molecule has 0 bridgehead atoms. The van der Waals surface area contributed by atoms with Gasteiger partial charge in [-0.2, -0.15) is 0 Å². The molecule has 0 aromatic carbocycles. The van der Waals surface area contributed by atoms with Gasteiger partial charge in [-0.05, 0) is 25.2 Å². The summed E-state index contributed by atoms with van der Waals surface area (Å²) in [5, 5.41) is 17.5. The van der Waals surface area contributed by atoms with E-state index in [4.69, 9.17) is 10.2 Å². The Balaban J connectivity index is 0. The number of unbranched alkanes of at least 4 members (excludes halogenated alkanes) is 10. The Morgan fingerprint density at radius 3 is 1.43 bits per heavy atom. The molecule has 0 aromatic rings. The molecule has 0 aliphatic rings. The van der Waals surface area contributed by atoms with E-state index in [9.17, 15) is 0 Å². The van der Waals surface area contributed by atoms with E-state index < -0.39 is 0 Å². The van der Waals surface area contributed by atoms with Gasteiger partial charge in [0.1, 0.15) is 0 Å². The first-order valence-electron chi connectivity index (χ1n) is 10.5. The van der Waals surface area contributed by atoms with Gasteiger partial charge < -0.3 is 10.2 Å². The summed E-state index contributed by atoms with van der Waals surface area (Å²) in [6, 6.07) is 0. The van der Waals surface area contributed by atoms with Gasteiger partial charge in [-0.3, -0.25) is 0 Å². The fourth-order valence-corrected chi connectivity index (χ4v) is 2.84. The van der Waals surface area contributed by atoms with E-state index in [0.717, 1.165) is 6.42 Å². The van der Waals surface area contributed by atoms with E-state index in [-0.39, 0.29) is 0 Å². The summed E-state index contributed by atoms with van der Waals surface area (Å²) in [4.78, 5) is 0. The van der Waals surface area contributed by atoms with E-state index >= 15 is 0 Å². The van der Waals surface area contributed by atoms with E-state index in [1.807, 2.05) is 0 Å². The molecule has 0 amide bonds. The molecule has 2 N–H and O–H groups in total. The van der Waals surface area contributed by atoms with Crippen LogP contribution in [0, 0.1) is 5.92 Å². The van der Waals surface area contributed by atoms with Crippen molar-refractivity contribution in [2.45, 2.75) is 117 Å². The van der Waals surface area contributed by atoms with Gasteiger partial charge in [0.25, 0.3) is 0 Å². The van der Waals surface area contributed by atoms with Crippen molar-refractivity contribution in [3.05, 3.63) is 0 Å². The fourth-order valence-electron chi connectivity index (χ4n) is 2.84. The maximum Gasteiger partial charge on any atom is 0.0459 e. The smallest absolute Gasteiger partial charge is 0.0459 e. The molecular weight excluding hydrogens is 284 g/mol. The SMILES string of the molecule is CCCCCC(CO)CCC.CCCCCCCCCCCO. The molecule has 1 atom stereocenters. The summed E-state index contributed by atoms with van der Waals surface area (Å²) >= 11 is 0. The maximum atomic E-state index is 8.96. The molecule has 0 fully saturated rings. The van der Waals surface area contributed by atoms with Crippen LogP contribution in [0.5, 0.6) is 0 Å². The van der Waals surface area contributed by atoms with Crippen molar-refractivity contribution < 1.29 is 10.2 Å². The van der Waals surface area contributed by atoms with Crippen LogP contribution in [0.4, 0.5) is 0 Å². The summed E-state index contributed by atoms with van der Waals surface area (Å²) in [7, 11) is 0. The lowest BCUT2D eigenvalue weighted by Gasteiger charge is -2.11. The predicted octanol–water partition coefficient (Wildman–Crippen LogP) is 6.48. The van der Waals surface area contributed by atoms with Crippen molar-refractivity contribution in [1.82, 2.24) is 0 Å². The zero-order valence-corrected chi connectivity index (χ0v) is 16.5. The second-order valence-corrected chi connectivity index (χ2v) is 6.89. The number of hydrogen-bond donors (Lipinski definition) is 2. The van der Waals surface area contributed by atoms with Crippen LogP contribution in [0.1, 0.15) is 117 Å². The molecule has 0 aliphatic carbocycles. The third-order valence-electron chi connectivity index (χ3n) is 4.43. The summed E-state index contributed by atoms with van der Waals surface area (Å²) in [5.74, 6) is 0.576. The van der Waals surface area contributed by atoms with Gasteiger partial charge in [0.15, 0.2) is 0 Å². The van der Waals surface area contributed by atoms with Crippen LogP contribution < -0.4 is 0 Å². The number of rotatable bonds is 16. The van der Waals surface area contributed by atoms with Crippen LogP contribution in [0.2, 0.25) is 0 Å². The van der Waals surface area contributed by atoms with E-state index in [1.54, 1.807) is 0 Å². The highest BCUT2D eigenvalue weighted by atomic mass is 16.3. The van der Waals surface area contributed by atoms with E-state index in [2.05, 4.69) is 20.8 Å². The molecule has 0 saturated heterocycles. The number of aliphatic hydroxyl groups excluding tert-OH is 2. The molecule has 142 valence electrons. The Hall–Kier alpha value is -0.0800. The molecule has 2 nitrogen and oxygen atoms in total. The van der Waals surface area contributed by atoms with Crippen molar-refractivity contribution in [2.24, 2.45) is 5.92 Å². The van der Waals surface area contributed by atoms with Crippen LogP contribution >= 0.6 is 0 Å². The Kier molecular flexibility index (Phi) is 26.5. The molecule has 0 rings (SSSR count). The minimum Gasteiger partial charge on any atom is -0.396 e. The number of aliphatic hydroxyl groups is 2. The molecule has 0 spiro atoms. The first kappa shape index (κ1) is 25.2. The first-order valence-corrected chi connectivity index (χ1v) is 10.5. The Morgan fingerprint density at radius 2 is 1.00 bits per heavy atom. The first-order chi connectivity index (χ1) is 11.3. The molecule has 0 heterocycles. The van der Waals surface area contributed by atoms with E-state index in [0.29, 0.717) is 19.1 Å². The zero-order chi connectivity index (χ0) is 17.6. The minimum absolute atomic E-state index is 0.371. The zero-order valence-electron chi connectivity index (χ0n) is 16.5. The highest BCUT2D eigenvalue weighted by Gasteiger charge is 2.04. The monoisotopic (exact) mass is 330 g/mol. The van der Waals surface area contributed by atoms with Gasteiger partial charge in [0, 0.05) is 13.2 Å². The molecule has 0 aliphatic heterocycles. The Morgan fingerprint density at radius 1 is 0.522 bits per heavy atom. The number of hydrogen-bond acceptors (Lipinski definition) is 2. The van der Waals surface area contributed by atoms with Crippen LogP contribution in [-0.4, -0.2) is 23.4 Å². The van der Waals surface area contributed by atoms with Crippen LogP contribution in [-0.2, 0) is 0 Å². The standard InChI is InChI=1S/C11H24O.C10H22O/c1-2-3-4-5-6-7-8-9-10-11-12;1-3-5-6-8-10(9-11)7-4-2/h12H,2-11H2,1H3;10-11H,3-9H2,1-2H3. The molecular formula is C21H46O2. The highest BCUT2D eigenvalue weighted by molar-refractivity contribution is 4.56. The van der Waals surface area contributed by atoms with Gasteiger partial charge >= 0.3 is 0 Å². The van der Waals surface area contributed by atoms with Crippen molar-refractivity contribution in [1.29, 1.82) is 0 Å². The molecule has 0 saturated carbocycles. The fraction of sp³-hybridized carbons (Fsp3) is 1.00. The molecule has 0 aromatic heterocycles. The van der Waals surface area contributed by atoms with Gasteiger partial charge in [0.2, 0.25) is 0 Å². The Labute approximate surface area is 147 Å². The van der Waals surface area contributed by atoms with Crippen molar-refractivity contribution in [3.8, 4) is 0 Å². The lowest BCUT2D eigenvalue weighted by molar-refractivity contribution is 0.207. The molecule has 1 unspecified atom stereocenters. The van der Waals surface area contributed by atoms with Crippen LogP contribution in [0.3, 0.4) is 0 Å². The van der Waals surface area contributed by atoms with Gasteiger partial charge in [0.05, 0.1) is 0 Å². The van der Waals surface area contributed by atoms with Gasteiger partial charge in [-0.25, -0.2) is 0 Å². The average Bonchev–Trinajstić information content (AvgIpc) is 2.57. The highest BCUT2D eigenvalue weighted by Crippen LogP contribution is 2.14. The topological polar surface area (TPSA) is 40.5 Å². The lowest BCUT2D eigenvalue weighted by Crippen LogP contribution is -2.05. The molecule has 0 radical (unpaired) electrons. The van der Waals surface area contributed by atoms with E-state index in [1.165, 1.54) is 89.9 Å². The third-order valence-corrected chi connectivity index (χ3v) is 4.43. The van der Waals surface area contributed by atoms with Crippen molar-refractivity contribution in [2.75, 3.05) is 13.2 Å². The third kappa shape index (κ3) is 24.3. The minimum atomic E-state index is 0.371. The summed E-state index contributed by atoms with van der Waals surface area (Å²) in [6.45, 7) is 7.41. The second-order valence-electron chi connectivity index (χ2n) is 6.89. The van der Waals surface area contributed by atoms with Gasteiger partial charge in [-0.15, -0.1) is 0 Å². The summed E-state index contributed by atoms with van der Waals surface area (Å²) in [6.07, 6.45) is 19.4. The van der Waals surface area contributed by atoms with Crippen molar-refractivity contribution >= 4 is 0 Å². The lowest BCUT2D eigenvalue weighted by atomic mass is 9.98. The second kappa shape index (κ2) is 24.2. The Bertz CT molecular complexity index is 173. The van der Waals surface area contributed by atoms with Crippen molar-refractivity contribution in [3.63, 3.8) is 0 Å². The molecule has 23 heavy (non-hydrogen) atoms. The predicted molar refractivity (Wildman–Crippen MR) is 104 cm³/mol. The average molecular weight is 331 g/mol. The maximum absolute atomic E-state index is 8.96. The van der Waals surface area contributed by atoms with Crippen LogP contribution in [0.25, 0.3) is 0 Å². The van der Waals surface area contributed by atoms with Gasteiger partial charge in [-0.1, -0.05) is 97.8 Å².